The Morgan fingerprint density at radius 3 is 2.62 bits per heavy atom. The number of nitrogens with two attached hydrogens (primary N) is 1. The van der Waals surface area contributed by atoms with Crippen LogP contribution in [0.4, 0.5) is 0 Å². The van der Waals surface area contributed by atoms with E-state index in [1.165, 1.54) is 0 Å². The molecular weight excluding hydrogens is 204 g/mol. The highest BCUT2D eigenvalue weighted by atomic mass is 16.3. The smallest absolute Gasteiger partial charge is 0.237 e. The summed E-state index contributed by atoms with van der Waals surface area (Å²) in [6, 6.07) is -0.548. The van der Waals surface area contributed by atoms with Crippen LogP contribution in [0.3, 0.4) is 0 Å². The van der Waals surface area contributed by atoms with Gasteiger partial charge in [0.05, 0.1) is 18.2 Å². The molecule has 0 aromatic rings. The molecule has 0 unspecified atom stereocenters. The van der Waals surface area contributed by atoms with Gasteiger partial charge in [0.25, 0.3) is 0 Å². The molecular formula is C12H24N2O2. The molecule has 0 aromatic carbocycles. The number of rotatable bonds is 4. The summed E-state index contributed by atoms with van der Waals surface area (Å²) in [6.45, 7) is 4.09. The molecule has 1 aliphatic carbocycles. The van der Waals surface area contributed by atoms with Gasteiger partial charge in [-0.15, -0.1) is 0 Å². The molecule has 1 rings (SSSR count). The molecule has 3 atom stereocenters. The molecule has 1 amide bonds. The van der Waals surface area contributed by atoms with Crippen LogP contribution in [0.25, 0.3) is 0 Å². The maximum atomic E-state index is 11.7. The van der Waals surface area contributed by atoms with E-state index in [4.69, 9.17) is 5.73 Å². The van der Waals surface area contributed by atoms with Crippen molar-refractivity contribution in [1.29, 1.82) is 0 Å². The molecule has 0 bridgehead atoms. The molecule has 4 heteroatoms. The second-order valence-corrected chi connectivity index (χ2v) is 5.20. The fourth-order valence-electron chi connectivity index (χ4n) is 2.18. The molecule has 1 fully saturated rings. The number of nitrogens with one attached hydrogen (secondary N) is 1. The Balaban J connectivity index is 2.37. The van der Waals surface area contributed by atoms with E-state index in [9.17, 15) is 9.90 Å². The maximum absolute atomic E-state index is 11.7. The molecule has 0 spiro atoms. The first-order valence-electron chi connectivity index (χ1n) is 6.24. The van der Waals surface area contributed by atoms with Crippen molar-refractivity contribution in [3.05, 3.63) is 0 Å². The van der Waals surface area contributed by atoms with Gasteiger partial charge in [-0.1, -0.05) is 26.7 Å². The van der Waals surface area contributed by atoms with E-state index in [0.29, 0.717) is 12.3 Å². The maximum Gasteiger partial charge on any atom is 0.237 e. The monoisotopic (exact) mass is 228 g/mol. The number of carbonyl (C=O) groups excluding carboxylic acids is 1. The predicted molar refractivity (Wildman–Crippen MR) is 63.8 cm³/mol. The van der Waals surface area contributed by atoms with Gasteiger partial charge in [-0.05, 0) is 25.2 Å². The first kappa shape index (κ1) is 13.5. The zero-order valence-corrected chi connectivity index (χ0v) is 10.3. The van der Waals surface area contributed by atoms with E-state index < -0.39 is 12.1 Å². The lowest BCUT2D eigenvalue weighted by atomic mass is 9.92. The summed E-state index contributed by atoms with van der Waals surface area (Å²) in [4.78, 5) is 11.7. The lowest BCUT2D eigenvalue weighted by molar-refractivity contribution is -0.124. The summed E-state index contributed by atoms with van der Waals surface area (Å²) >= 11 is 0. The first-order chi connectivity index (χ1) is 7.50. The van der Waals surface area contributed by atoms with Gasteiger partial charge >= 0.3 is 0 Å². The number of aliphatic hydroxyl groups is 1. The van der Waals surface area contributed by atoms with Crippen molar-refractivity contribution < 1.29 is 9.90 Å². The van der Waals surface area contributed by atoms with Crippen LogP contribution in [-0.2, 0) is 4.79 Å². The molecule has 1 aliphatic rings. The fraction of sp³-hybridized carbons (Fsp3) is 0.917. The molecule has 4 nitrogen and oxygen atoms in total. The Kier molecular flexibility index (Phi) is 5.22. The van der Waals surface area contributed by atoms with Gasteiger partial charge < -0.3 is 16.2 Å². The van der Waals surface area contributed by atoms with E-state index in [2.05, 4.69) is 5.32 Å². The van der Waals surface area contributed by atoms with Crippen LogP contribution in [0.5, 0.6) is 0 Å². The summed E-state index contributed by atoms with van der Waals surface area (Å²) in [5.41, 5.74) is 5.79. The van der Waals surface area contributed by atoms with Crippen molar-refractivity contribution in [2.24, 2.45) is 11.7 Å². The molecule has 0 aromatic heterocycles. The molecule has 0 saturated heterocycles. The Bertz CT molecular complexity index is 231. The van der Waals surface area contributed by atoms with Crippen molar-refractivity contribution in [3.63, 3.8) is 0 Å². The standard InChI is InChI=1S/C12H24N2O2/c1-8(2)7-9(13)12(16)14-10-5-3-4-6-11(10)15/h8-11,15H,3-7,13H2,1-2H3,(H,14,16)/t9-,10+,11+/m1/s1. The summed E-state index contributed by atoms with van der Waals surface area (Å²) in [6.07, 6.45) is 4.05. The summed E-state index contributed by atoms with van der Waals surface area (Å²) in [5.74, 6) is 0.289. The van der Waals surface area contributed by atoms with Crippen LogP contribution in [0.15, 0.2) is 0 Å². The van der Waals surface area contributed by atoms with Crippen LogP contribution < -0.4 is 11.1 Å². The van der Waals surface area contributed by atoms with E-state index in [1.54, 1.807) is 0 Å². The number of carbonyl (C=O) groups is 1. The lowest BCUT2D eigenvalue weighted by Gasteiger charge is -2.29. The molecule has 16 heavy (non-hydrogen) atoms. The quantitative estimate of drug-likeness (QED) is 0.665. The Morgan fingerprint density at radius 1 is 1.44 bits per heavy atom. The third-order valence-corrected chi connectivity index (χ3v) is 3.12. The highest BCUT2D eigenvalue weighted by molar-refractivity contribution is 5.81. The average molecular weight is 228 g/mol. The molecule has 4 N–H and O–H groups in total. The first-order valence-corrected chi connectivity index (χ1v) is 6.24. The second kappa shape index (κ2) is 6.21. The third kappa shape index (κ3) is 4.10. The van der Waals surface area contributed by atoms with Crippen LogP contribution in [0, 0.1) is 5.92 Å². The molecule has 0 aliphatic heterocycles. The van der Waals surface area contributed by atoms with Crippen LogP contribution in [0.2, 0.25) is 0 Å². The normalized spacial score (nSPS) is 27.8. The van der Waals surface area contributed by atoms with E-state index in [1.807, 2.05) is 13.8 Å². The highest BCUT2D eigenvalue weighted by Crippen LogP contribution is 2.18. The van der Waals surface area contributed by atoms with Gasteiger partial charge in [0.15, 0.2) is 0 Å². The molecule has 1 saturated carbocycles. The summed E-state index contributed by atoms with van der Waals surface area (Å²) in [5, 5.41) is 12.6. The number of aliphatic hydroxyl groups excluding tert-OH is 1. The predicted octanol–water partition coefficient (Wildman–Crippen LogP) is 0.779. The van der Waals surface area contributed by atoms with Gasteiger partial charge in [-0.3, -0.25) is 4.79 Å². The minimum atomic E-state index is -0.450. The van der Waals surface area contributed by atoms with Gasteiger partial charge in [0.1, 0.15) is 0 Å². The SMILES string of the molecule is CC(C)C[C@@H](N)C(=O)N[C@H]1CCCC[C@@H]1O. The molecule has 0 radical (unpaired) electrons. The largest absolute Gasteiger partial charge is 0.391 e. The van der Waals surface area contributed by atoms with Crippen LogP contribution in [0.1, 0.15) is 46.0 Å². The Labute approximate surface area is 97.6 Å². The Hall–Kier alpha value is -0.610. The van der Waals surface area contributed by atoms with Crippen LogP contribution in [-0.4, -0.2) is 29.2 Å². The number of amides is 1. The third-order valence-electron chi connectivity index (χ3n) is 3.12. The number of hydrogen-bond acceptors (Lipinski definition) is 3. The highest BCUT2D eigenvalue weighted by Gasteiger charge is 2.26. The summed E-state index contributed by atoms with van der Waals surface area (Å²) in [7, 11) is 0. The number of hydrogen-bond donors (Lipinski definition) is 3. The minimum Gasteiger partial charge on any atom is -0.391 e. The zero-order chi connectivity index (χ0) is 12.1. The average Bonchev–Trinajstić information content (AvgIpc) is 2.20. The van der Waals surface area contributed by atoms with E-state index in [-0.39, 0.29) is 11.9 Å². The van der Waals surface area contributed by atoms with E-state index in [0.717, 1.165) is 25.7 Å². The molecule has 94 valence electrons. The lowest BCUT2D eigenvalue weighted by Crippen LogP contribution is -2.51. The van der Waals surface area contributed by atoms with Gasteiger partial charge in [0, 0.05) is 0 Å². The van der Waals surface area contributed by atoms with Crippen LogP contribution >= 0.6 is 0 Å². The van der Waals surface area contributed by atoms with Crippen molar-refractivity contribution in [2.45, 2.75) is 64.1 Å². The zero-order valence-electron chi connectivity index (χ0n) is 10.3. The van der Waals surface area contributed by atoms with Gasteiger partial charge in [0.2, 0.25) is 5.91 Å². The minimum absolute atomic E-state index is 0.0977. The Morgan fingerprint density at radius 2 is 2.06 bits per heavy atom. The van der Waals surface area contributed by atoms with Gasteiger partial charge in [-0.25, -0.2) is 0 Å². The second-order valence-electron chi connectivity index (χ2n) is 5.20. The topological polar surface area (TPSA) is 75.4 Å². The van der Waals surface area contributed by atoms with Crippen molar-refractivity contribution >= 4 is 5.91 Å². The van der Waals surface area contributed by atoms with Crippen molar-refractivity contribution in [1.82, 2.24) is 5.32 Å². The molecule has 0 heterocycles. The van der Waals surface area contributed by atoms with E-state index >= 15 is 0 Å². The van der Waals surface area contributed by atoms with Crippen molar-refractivity contribution in [3.8, 4) is 0 Å². The summed E-state index contributed by atoms with van der Waals surface area (Å²) < 4.78 is 0. The fourth-order valence-corrected chi connectivity index (χ4v) is 2.18. The van der Waals surface area contributed by atoms with Crippen molar-refractivity contribution in [2.75, 3.05) is 0 Å². The van der Waals surface area contributed by atoms with Gasteiger partial charge in [-0.2, -0.15) is 0 Å².